The lowest BCUT2D eigenvalue weighted by Gasteiger charge is -2.47. The van der Waals surface area contributed by atoms with Crippen LogP contribution in [0.2, 0.25) is 0 Å². The molecule has 0 bridgehead atoms. The molecule has 8 aromatic carbocycles. The minimum atomic E-state index is -0.0661. The second kappa shape index (κ2) is 10.6. The Bertz CT molecular complexity index is 2590. The highest BCUT2D eigenvalue weighted by molar-refractivity contribution is 6.20. The van der Waals surface area contributed by atoms with Crippen LogP contribution < -0.4 is 0 Å². The molecule has 0 atom stereocenters. The fourth-order valence-corrected chi connectivity index (χ4v) is 10.0. The Morgan fingerprint density at radius 2 is 0.740 bits per heavy atom. The molecule has 0 amide bonds. The molecule has 0 unspecified atom stereocenters. The molecule has 0 nitrogen and oxygen atoms in total. The van der Waals surface area contributed by atoms with Crippen LogP contribution in [0.1, 0.15) is 52.6 Å². The summed E-state index contributed by atoms with van der Waals surface area (Å²) in [4.78, 5) is 0. The van der Waals surface area contributed by atoms with Gasteiger partial charge in [-0.25, -0.2) is 0 Å². The van der Waals surface area contributed by atoms with Crippen molar-refractivity contribution in [1.29, 1.82) is 0 Å². The number of rotatable bonds is 4. The van der Waals surface area contributed by atoms with Crippen LogP contribution in [0.3, 0.4) is 0 Å². The third-order valence-corrected chi connectivity index (χ3v) is 12.3. The highest BCUT2D eigenvalue weighted by Crippen LogP contribution is 2.66. The zero-order chi connectivity index (χ0) is 32.8. The summed E-state index contributed by atoms with van der Waals surface area (Å²) in [6, 6.07) is 59.7. The summed E-state index contributed by atoms with van der Waals surface area (Å²) >= 11 is 0. The first-order valence-corrected chi connectivity index (χ1v) is 18.2. The smallest absolute Gasteiger partial charge is 0.0221 e. The highest BCUT2D eigenvalue weighted by Gasteiger charge is 2.50. The Hall–Kier alpha value is -5.72. The molecule has 0 aromatic heterocycles. The van der Waals surface area contributed by atoms with Crippen LogP contribution in [0.15, 0.2) is 158 Å². The van der Waals surface area contributed by atoms with Crippen molar-refractivity contribution in [2.24, 2.45) is 5.41 Å². The van der Waals surface area contributed by atoms with Gasteiger partial charge in [0.15, 0.2) is 0 Å². The molecule has 1 saturated carbocycles. The zero-order valence-electron chi connectivity index (χ0n) is 28.0. The molecule has 0 heteroatoms. The van der Waals surface area contributed by atoms with Crippen LogP contribution in [0.5, 0.6) is 0 Å². The molecule has 0 saturated heterocycles. The van der Waals surface area contributed by atoms with Crippen LogP contribution in [-0.4, -0.2) is 0 Å². The second-order valence-electron chi connectivity index (χ2n) is 14.7. The summed E-state index contributed by atoms with van der Waals surface area (Å²) in [7, 11) is 0. The fourth-order valence-electron chi connectivity index (χ4n) is 10.0. The van der Waals surface area contributed by atoms with Gasteiger partial charge in [-0.2, -0.15) is 0 Å². The normalized spacial score (nSPS) is 16.4. The summed E-state index contributed by atoms with van der Waals surface area (Å²) in [6.45, 7) is 0. The maximum Gasteiger partial charge on any atom is 0.0221 e. The summed E-state index contributed by atoms with van der Waals surface area (Å²) in [5.74, 6) is 0. The number of fused-ring (bicyclic) bond motifs is 8. The quantitative estimate of drug-likeness (QED) is 0.169. The van der Waals surface area contributed by atoms with Crippen LogP contribution in [0, 0.1) is 5.41 Å². The van der Waals surface area contributed by atoms with Crippen LogP contribution >= 0.6 is 0 Å². The molecular formula is C50H36. The SMILES string of the molecule is c1ccc2c(c1)CC(c1cccc3ccc4ccccc4c13)=C2C1(C2=C(c3cccc4ccc5ccccc5c34)Cc3ccccc32)CCC1. The fraction of sp³-hybridized carbons (Fsp3) is 0.120. The van der Waals surface area contributed by atoms with E-state index in [1.807, 2.05) is 0 Å². The highest BCUT2D eigenvalue weighted by atomic mass is 14.5. The van der Waals surface area contributed by atoms with E-state index in [-0.39, 0.29) is 5.41 Å². The Morgan fingerprint density at radius 3 is 1.22 bits per heavy atom. The Labute approximate surface area is 293 Å². The van der Waals surface area contributed by atoms with Crippen LogP contribution in [0.25, 0.3) is 65.4 Å². The van der Waals surface area contributed by atoms with Gasteiger partial charge in [-0.15, -0.1) is 0 Å². The van der Waals surface area contributed by atoms with Gasteiger partial charge in [0.1, 0.15) is 0 Å². The number of hydrogen-bond donors (Lipinski definition) is 0. The van der Waals surface area contributed by atoms with Crippen molar-refractivity contribution >= 4 is 65.4 Å². The van der Waals surface area contributed by atoms with Crippen molar-refractivity contribution in [1.82, 2.24) is 0 Å². The monoisotopic (exact) mass is 636 g/mol. The van der Waals surface area contributed by atoms with Gasteiger partial charge in [-0.3, -0.25) is 0 Å². The van der Waals surface area contributed by atoms with Crippen molar-refractivity contribution < 1.29 is 0 Å². The van der Waals surface area contributed by atoms with E-state index in [1.54, 1.807) is 11.1 Å². The first kappa shape index (κ1) is 28.2. The van der Waals surface area contributed by atoms with Crippen molar-refractivity contribution in [3.05, 3.63) is 191 Å². The molecule has 50 heavy (non-hydrogen) atoms. The van der Waals surface area contributed by atoms with E-state index < -0.39 is 0 Å². The number of benzene rings is 8. The molecule has 11 rings (SSSR count). The third-order valence-electron chi connectivity index (χ3n) is 12.3. The molecule has 3 aliphatic rings. The lowest BCUT2D eigenvalue weighted by Crippen LogP contribution is -2.32. The standard InChI is InChI=1S/C50H36/c1-5-18-38-32(12-1)24-26-34-16-9-22-42(46(34)38)44-30-36-14-3-7-20-40(36)48(44)50(28-11-29-50)49-41-21-8-4-15-37(41)31-45(49)43-23-10-17-35-27-25-33-13-2-6-19-39(33)47(35)43/h1-10,12-27H,11,28-31H2. The van der Waals surface area contributed by atoms with Gasteiger partial charge >= 0.3 is 0 Å². The molecule has 1 fully saturated rings. The van der Waals surface area contributed by atoms with Gasteiger partial charge in [-0.1, -0.05) is 164 Å². The van der Waals surface area contributed by atoms with Crippen molar-refractivity contribution in [2.45, 2.75) is 32.1 Å². The average Bonchev–Trinajstić information content (AvgIpc) is 3.74. The minimum Gasteiger partial charge on any atom is -0.0619 e. The largest absolute Gasteiger partial charge is 0.0619 e. The molecule has 8 aromatic rings. The predicted molar refractivity (Wildman–Crippen MR) is 213 cm³/mol. The molecule has 0 aliphatic heterocycles. The topological polar surface area (TPSA) is 0 Å². The Balaban J connectivity index is 1.26. The maximum absolute atomic E-state index is 2.42. The number of hydrogen-bond acceptors (Lipinski definition) is 0. The van der Waals surface area contributed by atoms with Gasteiger partial charge in [0.05, 0.1) is 0 Å². The number of allylic oxidation sites excluding steroid dienone is 4. The Kier molecular flexibility index (Phi) is 5.99. The molecule has 0 heterocycles. The third kappa shape index (κ3) is 3.88. The average molecular weight is 637 g/mol. The van der Waals surface area contributed by atoms with Crippen LogP contribution in [-0.2, 0) is 12.8 Å². The molecule has 0 N–H and O–H groups in total. The Morgan fingerprint density at radius 1 is 0.340 bits per heavy atom. The van der Waals surface area contributed by atoms with Gasteiger partial charge < -0.3 is 0 Å². The first-order valence-electron chi connectivity index (χ1n) is 18.2. The van der Waals surface area contributed by atoms with E-state index in [1.165, 1.54) is 107 Å². The summed E-state index contributed by atoms with van der Waals surface area (Å²) in [5, 5.41) is 10.7. The molecule has 3 aliphatic carbocycles. The lowest BCUT2D eigenvalue weighted by atomic mass is 9.56. The first-order chi connectivity index (χ1) is 24.8. The van der Waals surface area contributed by atoms with E-state index in [0.717, 1.165) is 12.8 Å². The van der Waals surface area contributed by atoms with Crippen LogP contribution in [0.4, 0.5) is 0 Å². The predicted octanol–water partition coefficient (Wildman–Crippen LogP) is 13.1. The summed E-state index contributed by atoms with van der Waals surface area (Å²) < 4.78 is 0. The van der Waals surface area contributed by atoms with E-state index in [0.29, 0.717) is 0 Å². The van der Waals surface area contributed by atoms with Crippen molar-refractivity contribution in [2.75, 3.05) is 0 Å². The van der Waals surface area contributed by atoms with E-state index in [9.17, 15) is 0 Å². The molecular weight excluding hydrogens is 601 g/mol. The second-order valence-corrected chi connectivity index (χ2v) is 14.7. The maximum atomic E-state index is 2.42. The zero-order valence-corrected chi connectivity index (χ0v) is 28.0. The molecule has 0 spiro atoms. The van der Waals surface area contributed by atoms with E-state index in [4.69, 9.17) is 0 Å². The van der Waals surface area contributed by atoms with Crippen molar-refractivity contribution in [3.8, 4) is 0 Å². The van der Waals surface area contributed by atoms with Crippen molar-refractivity contribution in [3.63, 3.8) is 0 Å². The van der Waals surface area contributed by atoms with Gasteiger partial charge in [0.2, 0.25) is 0 Å². The molecule has 0 radical (unpaired) electrons. The summed E-state index contributed by atoms with van der Waals surface area (Å²) in [6.07, 6.45) is 5.53. The van der Waals surface area contributed by atoms with E-state index in [2.05, 4.69) is 158 Å². The molecule has 236 valence electrons. The van der Waals surface area contributed by atoms with Gasteiger partial charge in [-0.05, 0) is 124 Å². The van der Waals surface area contributed by atoms with E-state index >= 15 is 0 Å². The summed E-state index contributed by atoms with van der Waals surface area (Å²) in [5.41, 5.74) is 14.8. The van der Waals surface area contributed by atoms with Gasteiger partial charge in [0.25, 0.3) is 0 Å². The minimum absolute atomic E-state index is 0.0661. The van der Waals surface area contributed by atoms with Gasteiger partial charge in [0, 0.05) is 5.41 Å². The lowest BCUT2D eigenvalue weighted by molar-refractivity contribution is 0.307.